The Balaban J connectivity index is 2.00. The molecule has 94 valence electrons. The van der Waals surface area contributed by atoms with Crippen LogP contribution in [-0.2, 0) is 4.74 Å². The van der Waals surface area contributed by atoms with Crippen LogP contribution in [0.5, 0.6) is 0 Å². The van der Waals surface area contributed by atoms with Crippen LogP contribution in [0.2, 0.25) is 0 Å². The van der Waals surface area contributed by atoms with E-state index < -0.39 is 0 Å². The van der Waals surface area contributed by atoms with Gasteiger partial charge in [-0.2, -0.15) is 0 Å². The number of pyridine rings is 1. The lowest BCUT2D eigenvalue weighted by Gasteiger charge is -2.25. The molecule has 0 bridgehead atoms. The van der Waals surface area contributed by atoms with Gasteiger partial charge in [0.25, 0.3) is 0 Å². The fourth-order valence-corrected chi connectivity index (χ4v) is 2.56. The SMILES string of the molecule is Cc1cc(C(N)CC2CCOCC2)cc(C)n1. The minimum atomic E-state index is 0.137. The summed E-state index contributed by atoms with van der Waals surface area (Å²) in [7, 11) is 0. The minimum absolute atomic E-state index is 0.137. The lowest BCUT2D eigenvalue weighted by molar-refractivity contribution is 0.0618. The first-order chi connectivity index (χ1) is 8.15. The molecule has 1 atom stereocenters. The summed E-state index contributed by atoms with van der Waals surface area (Å²) in [5, 5.41) is 0. The molecule has 0 amide bonds. The van der Waals surface area contributed by atoms with E-state index in [2.05, 4.69) is 17.1 Å². The maximum absolute atomic E-state index is 6.30. The third kappa shape index (κ3) is 3.51. The second-order valence-corrected chi connectivity index (χ2v) is 5.08. The molecule has 2 heterocycles. The number of nitrogens with zero attached hydrogens (tertiary/aromatic N) is 1. The molecule has 1 fully saturated rings. The summed E-state index contributed by atoms with van der Waals surface area (Å²) in [6.45, 7) is 5.84. The van der Waals surface area contributed by atoms with Gasteiger partial charge in [0.05, 0.1) is 0 Å². The van der Waals surface area contributed by atoms with Crippen molar-refractivity contribution in [3.8, 4) is 0 Å². The largest absolute Gasteiger partial charge is 0.381 e. The second kappa shape index (κ2) is 5.61. The van der Waals surface area contributed by atoms with Gasteiger partial charge in [-0.3, -0.25) is 4.98 Å². The summed E-state index contributed by atoms with van der Waals surface area (Å²) in [6, 6.07) is 4.35. The molecule has 1 aliphatic heterocycles. The van der Waals surface area contributed by atoms with E-state index in [1.165, 1.54) is 5.56 Å². The molecule has 0 aliphatic carbocycles. The van der Waals surface area contributed by atoms with Gasteiger partial charge < -0.3 is 10.5 Å². The third-order valence-corrected chi connectivity index (χ3v) is 3.46. The first-order valence-corrected chi connectivity index (χ1v) is 6.43. The number of aromatic nitrogens is 1. The molecule has 17 heavy (non-hydrogen) atoms. The summed E-state index contributed by atoms with van der Waals surface area (Å²) in [4.78, 5) is 4.39. The Labute approximate surface area is 103 Å². The molecular weight excluding hydrogens is 212 g/mol. The van der Waals surface area contributed by atoms with Crippen molar-refractivity contribution in [2.45, 2.75) is 39.2 Å². The standard InChI is InChI=1S/C14H22N2O/c1-10-7-13(8-11(2)16-10)14(15)9-12-3-5-17-6-4-12/h7-8,12,14H,3-6,9,15H2,1-2H3. The zero-order valence-corrected chi connectivity index (χ0v) is 10.8. The fourth-order valence-electron chi connectivity index (χ4n) is 2.56. The van der Waals surface area contributed by atoms with Crippen LogP contribution in [0, 0.1) is 19.8 Å². The Bertz CT molecular complexity index is 352. The van der Waals surface area contributed by atoms with Crippen molar-refractivity contribution >= 4 is 0 Å². The Morgan fingerprint density at radius 3 is 2.47 bits per heavy atom. The van der Waals surface area contributed by atoms with Crippen molar-refractivity contribution in [1.82, 2.24) is 4.98 Å². The quantitative estimate of drug-likeness (QED) is 0.874. The molecule has 1 aromatic rings. The van der Waals surface area contributed by atoms with Crippen molar-refractivity contribution in [1.29, 1.82) is 0 Å². The molecule has 1 unspecified atom stereocenters. The molecule has 3 nitrogen and oxygen atoms in total. The molecule has 3 heteroatoms. The Hall–Kier alpha value is -0.930. The molecule has 0 aromatic carbocycles. The van der Waals surface area contributed by atoms with Crippen molar-refractivity contribution in [2.75, 3.05) is 13.2 Å². The third-order valence-electron chi connectivity index (χ3n) is 3.46. The van der Waals surface area contributed by atoms with E-state index in [-0.39, 0.29) is 6.04 Å². The van der Waals surface area contributed by atoms with Gasteiger partial charge in [-0.1, -0.05) is 0 Å². The first-order valence-electron chi connectivity index (χ1n) is 6.43. The van der Waals surface area contributed by atoms with Gasteiger partial charge in [0.1, 0.15) is 0 Å². The molecule has 2 N–H and O–H groups in total. The van der Waals surface area contributed by atoms with Gasteiger partial charge in [-0.25, -0.2) is 0 Å². The molecule has 1 aliphatic rings. The zero-order chi connectivity index (χ0) is 12.3. The number of aryl methyl sites for hydroxylation is 2. The average molecular weight is 234 g/mol. The Morgan fingerprint density at radius 1 is 1.29 bits per heavy atom. The predicted molar refractivity (Wildman–Crippen MR) is 68.8 cm³/mol. The monoisotopic (exact) mass is 234 g/mol. The number of rotatable bonds is 3. The molecule has 2 rings (SSSR count). The van der Waals surface area contributed by atoms with Crippen molar-refractivity contribution in [3.05, 3.63) is 29.1 Å². The topological polar surface area (TPSA) is 48.1 Å². The first kappa shape index (κ1) is 12.5. The predicted octanol–water partition coefficient (Wildman–Crippen LogP) is 2.51. The van der Waals surface area contributed by atoms with Crippen LogP contribution in [0.25, 0.3) is 0 Å². The van der Waals surface area contributed by atoms with Crippen LogP contribution < -0.4 is 5.73 Å². The van der Waals surface area contributed by atoms with Gasteiger partial charge in [0.2, 0.25) is 0 Å². The summed E-state index contributed by atoms with van der Waals surface area (Å²) < 4.78 is 5.37. The maximum Gasteiger partial charge on any atom is 0.0468 e. The van der Waals surface area contributed by atoms with E-state index in [4.69, 9.17) is 10.5 Å². The van der Waals surface area contributed by atoms with E-state index in [0.29, 0.717) is 5.92 Å². The number of hydrogen-bond donors (Lipinski definition) is 1. The summed E-state index contributed by atoms with van der Waals surface area (Å²) >= 11 is 0. The van der Waals surface area contributed by atoms with Crippen LogP contribution in [0.1, 0.15) is 42.3 Å². The highest BCUT2D eigenvalue weighted by atomic mass is 16.5. The average Bonchev–Trinajstić information content (AvgIpc) is 2.29. The van der Waals surface area contributed by atoms with E-state index in [1.807, 2.05) is 13.8 Å². The zero-order valence-electron chi connectivity index (χ0n) is 10.8. The number of ether oxygens (including phenoxy) is 1. The van der Waals surface area contributed by atoms with Gasteiger partial charge in [0.15, 0.2) is 0 Å². The van der Waals surface area contributed by atoms with Crippen molar-refractivity contribution < 1.29 is 4.74 Å². The molecule has 0 saturated carbocycles. The second-order valence-electron chi connectivity index (χ2n) is 5.08. The van der Waals surface area contributed by atoms with E-state index in [0.717, 1.165) is 43.9 Å². The lowest BCUT2D eigenvalue weighted by atomic mass is 9.90. The lowest BCUT2D eigenvalue weighted by Crippen LogP contribution is -2.21. The number of hydrogen-bond acceptors (Lipinski definition) is 3. The molecule has 1 aromatic heterocycles. The van der Waals surface area contributed by atoms with Crippen LogP contribution >= 0.6 is 0 Å². The summed E-state index contributed by atoms with van der Waals surface area (Å²) in [5.41, 5.74) is 9.63. The highest BCUT2D eigenvalue weighted by Gasteiger charge is 2.18. The molecule has 0 radical (unpaired) electrons. The van der Waals surface area contributed by atoms with Crippen molar-refractivity contribution in [2.24, 2.45) is 11.7 Å². The molecular formula is C14H22N2O. The van der Waals surface area contributed by atoms with E-state index >= 15 is 0 Å². The fraction of sp³-hybridized carbons (Fsp3) is 0.643. The van der Waals surface area contributed by atoms with Gasteiger partial charge in [-0.05, 0) is 56.7 Å². The maximum atomic E-state index is 6.30. The molecule has 0 spiro atoms. The Kier molecular flexibility index (Phi) is 4.13. The van der Waals surface area contributed by atoms with E-state index in [9.17, 15) is 0 Å². The number of nitrogens with two attached hydrogens (primary N) is 1. The van der Waals surface area contributed by atoms with Gasteiger partial charge in [0, 0.05) is 30.6 Å². The smallest absolute Gasteiger partial charge is 0.0468 e. The van der Waals surface area contributed by atoms with Crippen LogP contribution in [-0.4, -0.2) is 18.2 Å². The highest BCUT2D eigenvalue weighted by Crippen LogP contribution is 2.26. The van der Waals surface area contributed by atoms with Crippen LogP contribution in [0.3, 0.4) is 0 Å². The van der Waals surface area contributed by atoms with Gasteiger partial charge >= 0.3 is 0 Å². The van der Waals surface area contributed by atoms with Crippen LogP contribution in [0.4, 0.5) is 0 Å². The summed E-state index contributed by atoms with van der Waals surface area (Å²) in [6.07, 6.45) is 3.36. The normalized spacial score (nSPS) is 19.2. The summed E-state index contributed by atoms with van der Waals surface area (Å²) in [5.74, 6) is 0.715. The van der Waals surface area contributed by atoms with Crippen molar-refractivity contribution in [3.63, 3.8) is 0 Å². The minimum Gasteiger partial charge on any atom is -0.381 e. The van der Waals surface area contributed by atoms with Gasteiger partial charge in [-0.15, -0.1) is 0 Å². The Morgan fingerprint density at radius 2 is 1.88 bits per heavy atom. The molecule has 1 saturated heterocycles. The van der Waals surface area contributed by atoms with Crippen LogP contribution in [0.15, 0.2) is 12.1 Å². The van der Waals surface area contributed by atoms with E-state index in [1.54, 1.807) is 0 Å². The highest BCUT2D eigenvalue weighted by molar-refractivity contribution is 5.23.